The van der Waals surface area contributed by atoms with E-state index in [1.807, 2.05) is 0 Å². The Hall–Kier alpha value is -1.01. The van der Waals surface area contributed by atoms with Crippen LogP contribution in [-0.2, 0) is 4.79 Å². The number of hydrogen-bond acceptors (Lipinski definition) is 3. The quantitative estimate of drug-likeness (QED) is 0.527. The van der Waals surface area contributed by atoms with Gasteiger partial charge in [-0.15, -0.1) is 6.58 Å². The fraction of sp³-hybridized carbons (Fsp3) is 0.667. The SMILES string of the molecule is C=CCNC(=O)C(C)NCC(O)C(F)F. The molecule has 0 radical (unpaired) electrons. The van der Waals surface area contributed by atoms with Crippen LogP contribution in [0.1, 0.15) is 6.92 Å². The Labute approximate surface area is 87.4 Å². The van der Waals surface area contributed by atoms with Crippen molar-refractivity contribution in [1.29, 1.82) is 0 Å². The minimum atomic E-state index is -2.80. The molecule has 4 nitrogen and oxygen atoms in total. The van der Waals surface area contributed by atoms with E-state index >= 15 is 0 Å². The summed E-state index contributed by atoms with van der Waals surface area (Å²) in [7, 11) is 0. The third kappa shape index (κ3) is 6.14. The van der Waals surface area contributed by atoms with Crippen molar-refractivity contribution in [2.75, 3.05) is 13.1 Å². The van der Waals surface area contributed by atoms with Gasteiger partial charge in [0.1, 0.15) is 6.10 Å². The zero-order chi connectivity index (χ0) is 11.8. The Kier molecular flexibility index (Phi) is 6.81. The molecule has 0 saturated carbocycles. The maximum absolute atomic E-state index is 11.9. The Morgan fingerprint density at radius 1 is 1.60 bits per heavy atom. The summed E-state index contributed by atoms with van der Waals surface area (Å²) >= 11 is 0. The van der Waals surface area contributed by atoms with Crippen LogP contribution in [0.3, 0.4) is 0 Å². The van der Waals surface area contributed by atoms with Gasteiger partial charge in [0, 0.05) is 13.1 Å². The largest absolute Gasteiger partial charge is 0.386 e. The Balaban J connectivity index is 3.77. The van der Waals surface area contributed by atoms with Crippen LogP contribution in [0.4, 0.5) is 8.78 Å². The zero-order valence-electron chi connectivity index (χ0n) is 8.54. The van der Waals surface area contributed by atoms with Crippen LogP contribution in [0.2, 0.25) is 0 Å². The third-order valence-electron chi connectivity index (χ3n) is 1.74. The number of nitrogens with one attached hydrogen (secondary N) is 2. The number of rotatable bonds is 7. The van der Waals surface area contributed by atoms with Gasteiger partial charge in [-0.3, -0.25) is 4.79 Å². The summed E-state index contributed by atoms with van der Waals surface area (Å²) < 4.78 is 23.8. The van der Waals surface area contributed by atoms with E-state index < -0.39 is 18.6 Å². The lowest BCUT2D eigenvalue weighted by atomic mass is 10.3. The molecule has 0 saturated heterocycles. The van der Waals surface area contributed by atoms with E-state index in [0.29, 0.717) is 6.54 Å². The van der Waals surface area contributed by atoms with E-state index in [0.717, 1.165) is 0 Å². The van der Waals surface area contributed by atoms with Crippen molar-refractivity contribution in [3.05, 3.63) is 12.7 Å². The Morgan fingerprint density at radius 2 is 2.20 bits per heavy atom. The van der Waals surface area contributed by atoms with Crippen LogP contribution in [0.5, 0.6) is 0 Å². The molecule has 15 heavy (non-hydrogen) atoms. The summed E-state index contributed by atoms with van der Waals surface area (Å²) in [6.45, 7) is 4.94. The lowest BCUT2D eigenvalue weighted by molar-refractivity contribution is -0.122. The van der Waals surface area contributed by atoms with Gasteiger partial charge >= 0.3 is 0 Å². The maximum atomic E-state index is 11.9. The molecule has 0 spiro atoms. The summed E-state index contributed by atoms with van der Waals surface area (Å²) in [6.07, 6.45) is -3.04. The Bertz CT molecular complexity index is 212. The second-order valence-corrected chi connectivity index (χ2v) is 3.07. The molecule has 0 aromatic rings. The highest BCUT2D eigenvalue weighted by molar-refractivity contribution is 5.81. The minimum absolute atomic E-state index is 0.319. The molecule has 0 aliphatic carbocycles. The number of carbonyl (C=O) groups is 1. The number of aliphatic hydroxyl groups excluding tert-OH is 1. The lowest BCUT2D eigenvalue weighted by Gasteiger charge is -2.15. The van der Waals surface area contributed by atoms with Crippen molar-refractivity contribution < 1.29 is 18.7 Å². The molecular formula is C9H16F2N2O2. The van der Waals surface area contributed by atoms with Crippen molar-refractivity contribution in [1.82, 2.24) is 10.6 Å². The number of aliphatic hydroxyl groups is 1. The molecule has 88 valence electrons. The van der Waals surface area contributed by atoms with E-state index in [-0.39, 0.29) is 12.5 Å². The normalized spacial score (nSPS) is 14.7. The number of alkyl halides is 2. The minimum Gasteiger partial charge on any atom is -0.386 e. The Morgan fingerprint density at radius 3 is 2.67 bits per heavy atom. The molecule has 3 N–H and O–H groups in total. The summed E-state index contributed by atoms with van der Waals surface area (Å²) in [4.78, 5) is 11.2. The average molecular weight is 222 g/mol. The topological polar surface area (TPSA) is 61.4 Å². The summed E-state index contributed by atoms with van der Waals surface area (Å²) in [5.41, 5.74) is 0. The van der Waals surface area contributed by atoms with Crippen LogP contribution in [-0.4, -0.2) is 42.7 Å². The van der Waals surface area contributed by atoms with Crippen LogP contribution in [0, 0.1) is 0 Å². The van der Waals surface area contributed by atoms with E-state index in [4.69, 9.17) is 5.11 Å². The van der Waals surface area contributed by atoms with Crippen LogP contribution in [0.25, 0.3) is 0 Å². The third-order valence-corrected chi connectivity index (χ3v) is 1.74. The first-order valence-corrected chi connectivity index (χ1v) is 4.57. The first-order chi connectivity index (χ1) is 6.99. The zero-order valence-corrected chi connectivity index (χ0v) is 8.54. The van der Waals surface area contributed by atoms with Gasteiger partial charge in [0.15, 0.2) is 0 Å². The predicted molar refractivity (Wildman–Crippen MR) is 52.7 cm³/mol. The molecule has 0 bridgehead atoms. The van der Waals surface area contributed by atoms with Gasteiger partial charge in [0.05, 0.1) is 6.04 Å². The second-order valence-electron chi connectivity index (χ2n) is 3.07. The molecule has 0 aliphatic heterocycles. The first-order valence-electron chi connectivity index (χ1n) is 4.57. The van der Waals surface area contributed by atoms with E-state index in [1.54, 1.807) is 0 Å². The highest BCUT2D eigenvalue weighted by atomic mass is 19.3. The average Bonchev–Trinajstić information content (AvgIpc) is 2.21. The molecular weight excluding hydrogens is 206 g/mol. The standard InChI is InChI=1S/C9H16F2N2O2/c1-3-4-12-9(15)6(2)13-5-7(14)8(10)11/h3,6-8,13-14H,1,4-5H2,2H3,(H,12,15). The van der Waals surface area contributed by atoms with E-state index in [1.165, 1.54) is 13.0 Å². The van der Waals surface area contributed by atoms with Gasteiger partial charge < -0.3 is 15.7 Å². The van der Waals surface area contributed by atoms with Gasteiger partial charge in [-0.25, -0.2) is 8.78 Å². The molecule has 0 aliphatic rings. The maximum Gasteiger partial charge on any atom is 0.265 e. The highest BCUT2D eigenvalue weighted by Crippen LogP contribution is 1.98. The monoisotopic (exact) mass is 222 g/mol. The smallest absolute Gasteiger partial charge is 0.265 e. The second kappa shape index (κ2) is 7.30. The van der Waals surface area contributed by atoms with Gasteiger partial charge in [0.25, 0.3) is 6.43 Å². The van der Waals surface area contributed by atoms with Crippen LogP contribution < -0.4 is 10.6 Å². The molecule has 0 aromatic carbocycles. The predicted octanol–water partition coefficient (Wildman–Crippen LogP) is -0.107. The molecule has 0 fully saturated rings. The van der Waals surface area contributed by atoms with Crippen LogP contribution in [0.15, 0.2) is 12.7 Å². The number of hydrogen-bond donors (Lipinski definition) is 3. The molecule has 0 rings (SSSR count). The molecule has 0 heterocycles. The van der Waals surface area contributed by atoms with Gasteiger partial charge in [-0.05, 0) is 6.92 Å². The van der Waals surface area contributed by atoms with Gasteiger partial charge in [-0.1, -0.05) is 6.08 Å². The summed E-state index contributed by atoms with van der Waals surface area (Å²) in [6, 6.07) is -0.627. The summed E-state index contributed by atoms with van der Waals surface area (Å²) in [5, 5.41) is 13.8. The van der Waals surface area contributed by atoms with Gasteiger partial charge in [0.2, 0.25) is 5.91 Å². The lowest BCUT2D eigenvalue weighted by Crippen LogP contribution is -2.45. The van der Waals surface area contributed by atoms with Crippen LogP contribution >= 0.6 is 0 Å². The van der Waals surface area contributed by atoms with E-state index in [9.17, 15) is 13.6 Å². The van der Waals surface area contributed by atoms with Gasteiger partial charge in [-0.2, -0.15) is 0 Å². The number of carbonyl (C=O) groups excluding carboxylic acids is 1. The van der Waals surface area contributed by atoms with Crippen molar-refractivity contribution in [3.8, 4) is 0 Å². The molecule has 2 unspecified atom stereocenters. The number of amides is 1. The molecule has 0 aromatic heterocycles. The highest BCUT2D eigenvalue weighted by Gasteiger charge is 2.19. The summed E-state index contributed by atoms with van der Waals surface area (Å²) in [5.74, 6) is -0.323. The van der Waals surface area contributed by atoms with Crippen molar-refractivity contribution in [2.24, 2.45) is 0 Å². The fourth-order valence-corrected chi connectivity index (χ4v) is 0.805. The molecule has 2 atom stereocenters. The first kappa shape index (κ1) is 14.0. The molecule has 1 amide bonds. The van der Waals surface area contributed by atoms with Crippen molar-refractivity contribution in [2.45, 2.75) is 25.5 Å². The fourth-order valence-electron chi connectivity index (χ4n) is 0.805. The number of halogens is 2. The van der Waals surface area contributed by atoms with Crippen molar-refractivity contribution >= 4 is 5.91 Å². The van der Waals surface area contributed by atoms with Crippen molar-refractivity contribution in [3.63, 3.8) is 0 Å². The molecule has 6 heteroatoms. The van der Waals surface area contributed by atoms with E-state index in [2.05, 4.69) is 17.2 Å².